The minimum Gasteiger partial charge on any atom is -0.382 e. The molecule has 0 spiro atoms. The largest absolute Gasteiger partial charge is 0.382 e. The summed E-state index contributed by atoms with van der Waals surface area (Å²) in [7, 11) is 3.14. The number of carbonyl (C=O) groups is 2. The molecule has 0 aromatic heterocycles. The molecule has 3 N–H and O–H groups in total. The van der Waals surface area contributed by atoms with E-state index in [1.807, 2.05) is 0 Å². The maximum absolute atomic E-state index is 11.5. The highest BCUT2D eigenvalue weighted by Crippen LogP contribution is 1.95. The molecule has 0 saturated carbocycles. The molecule has 0 rings (SSSR count). The molecule has 0 aromatic carbocycles. The molecule has 0 aliphatic heterocycles. The van der Waals surface area contributed by atoms with Gasteiger partial charge in [0.15, 0.2) is 0 Å². The number of hydrogen-bond donors (Lipinski definition) is 2. The summed E-state index contributed by atoms with van der Waals surface area (Å²) < 4.78 is 20.6. The lowest BCUT2D eigenvalue weighted by Gasteiger charge is -2.14. The Morgan fingerprint density at radius 2 is 1.86 bits per heavy atom. The highest BCUT2D eigenvalue weighted by Gasteiger charge is 2.09. The summed E-state index contributed by atoms with van der Waals surface area (Å²) in [5.74, 6) is -0.880. The van der Waals surface area contributed by atoms with Crippen LogP contribution >= 0.6 is 0 Å². The first-order valence-electron chi connectivity index (χ1n) is 7.24. The third kappa shape index (κ3) is 11.4. The lowest BCUT2D eigenvalue weighted by Crippen LogP contribution is -2.32. The third-order valence-corrected chi connectivity index (χ3v) is 2.86. The Bertz CT molecular complexity index is 314. The quantitative estimate of drug-likeness (QED) is 0.410. The Balaban J connectivity index is 3.48. The summed E-state index contributed by atoms with van der Waals surface area (Å²) in [6.07, 6.45) is 0.472. The second-order valence-corrected chi connectivity index (χ2v) is 4.91. The zero-order valence-electron chi connectivity index (χ0n) is 13.6. The number of nitrogens with one attached hydrogen (secondary N) is 1. The zero-order chi connectivity index (χ0) is 16.8. The summed E-state index contributed by atoms with van der Waals surface area (Å²) in [6, 6.07) is 0. The Labute approximate surface area is 131 Å². The number of methoxy groups -OCH3 is 2. The van der Waals surface area contributed by atoms with Crippen LogP contribution in [0.25, 0.3) is 0 Å². The maximum Gasteiger partial charge on any atom is 0.246 e. The van der Waals surface area contributed by atoms with E-state index in [1.54, 1.807) is 21.1 Å². The van der Waals surface area contributed by atoms with E-state index >= 15 is 0 Å². The number of rotatable bonds is 14. The molecular formula is C14H28N2O6. The van der Waals surface area contributed by atoms with Gasteiger partial charge in [-0.05, 0) is 6.42 Å². The summed E-state index contributed by atoms with van der Waals surface area (Å²) in [5.41, 5.74) is 5.11. The lowest BCUT2D eigenvalue weighted by molar-refractivity contribution is -0.127. The molecule has 0 saturated heterocycles. The van der Waals surface area contributed by atoms with Gasteiger partial charge in [-0.15, -0.1) is 0 Å². The molecule has 0 bridgehead atoms. The molecule has 0 aliphatic carbocycles. The van der Waals surface area contributed by atoms with Gasteiger partial charge in [0.05, 0.1) is 25.7 Å². The van der Waals surface area contributed by atoms with Crippen LogP contribution < -0.4 is 11.1 Å². The molecule has 22 heavy (non-hydrogen) atoms. The van der Waals surface area contributed by atoms with Gasteiger partial charge in [0.1, 0.15) is 12.7 Å². The summed E-state index contributed by atoms with van der Waals surface area (Å²) in [5, 5.41) is 2.71. The highest BCUT2D eigenvalue weighted by atomic mass is 16.5. The van der Waals surface area contributed by atoms with Crippen LogP contribution in [0.15, 0.2) is 0 Å². The molecule has 8 heteroatoms. The maximum atomic E-state index is 11.5. The van der Waals surface area contributed by atoms with Crippen molar-refractivity contribution in [1.29, 1.82) is 0 Å². The first-order valence-corrected chi connectivity index (χ1v) is 7.24. The van der Waals surface area contributed by atoms with Gasteiger partial charge in [-0.1, -0.05) is 6.92 Å². The van der Waals surface area contributed by atoms with Crippen molar-refractivity contribution in [2.24, 2.45) is 11.7 Å². The van der Waals surface area contributed by atoms with E-state index in [0.717, 1.165) is 0 Å². The van der Waals surface area contributed by atoms with E-state index in [-0.39, 0.29) is 30.4 Å². The minimum atomic E-state index is -0.381. The van der Waals surface area contributed by atoms with E-state index in [2.05, 4.69) is 5.32 Å². The first-order chi connectivity index (χ1) is 10.5. The van der Waals surface area contributed by atoms with Crippen LogP contribution in [-0.4, -0.2) is 71.7 Å². The second-order valence-electron chi connectivity index (χ2n) is 4.91. The molecule has 2 amide bonds. The van der Waals surface area contributed by atoms with Crippen LogP contribution in [0, 0.1) is 5.92 Å². The molecule has 1 unspecified atom stereocenters. The molecule has 0 aromatic rings. The van der Waals surface area contributed by atoms with E-state index in [9.17, 15) is 9.59 Å². The average Bonchev–Trinajstić information content (AvgIpc) is 2.49. The number of carbonyl (C=O) groups excluding carboxylic acids is 2. The topological polar surface area (TPSA) is 109 Å². The van der Waals surface area contributed by atoms with Crippen molar-refractivity contribution >= 4 is 11.8 Å². The van der Waals surface area contributed by atoms with E-state index in [1.165, 1.54) is 0 Å². The van der Waals surface area contributed by atoms with Crippen molar-refractivity contribution in [3.63, 3.8) is 0 Å². The van der Waals surface area contributed by atoms with Crippen LogP contribution in [0.5, 0.6) is 0 Å². The highest BCUT2D eigenvalue weighted by molar-refractivity contribution is 5.77. The zero-order valence-corrected chi connectivity index (χ0v) is 13.6. The third-order valence-electron chi connectivity index (χ3n) is 2.86. The predicted molar refractivity (Wildman–Crippen MR) is 80.3 cm³/mol. The Morgan fingerprint density at radius 3 is 2.45 bits per heavy atom. The Hall–Kier alpha value is -1.22. The first kappa shape index (κ1) is 20.8. The summed E-state index contributed by atoms with van der Waals surface area (Å²) in [6.45, 7) is 3.63. The molecule has 130 valence electrons. The standard InChI is InChI=1S/C14H28N2O6/c1-11(14(15)18)7-21-6-4-5-16-13(17)10-22-9-12(20-3)8-19-2/h11-12H,4-10H2,1-3H3,(H2,15,18)(H,16,17)/t11-,12?/m0/s1. The number of primary amides is 1. The molecular weight excluding hydrogens is 292 g/mol. The molecule has 0 aliphatic rings. The van der Waals surface area contributed by atoms with Crippen LogP contribution in [0.1, 0.15) is 13.3 Å². The molecule has 8 nitrogen and oxygen atoms in total. The van der Waals surface area contributed by atoms with Gasteiger partial charge < -0.3 is 30.0 Å². The van der Waals surface area contributed by atoms with E-state index in [0.29, 0.717) is 39.4 Å². The molecule has 0 radical (unpaired) electrons. The average molecular weight is 320 g/mol. The number of hydrogen-bond acceptors (Lipinski definition) is 6. The van der Waals surface area contributed by atoms with Crippen molar-refractivity contribution in [3.05, 3.63) is 0 Å². The van der Waals surface area contributed by atoms with Gasteiger partial charge >= 0.3 is 0 Å². The SMILES string of the molecule is COCC(COCC(=O)NCCCOC[C@H](C)C(N)=O)OC. The van der Waals surface area contributed by atoms with Crippen LogP contribution in [-0.2, 0) is 28.5 Å². The van der Waals surface area contributed by atoms with Gasteiger partial charge in [-0.3, -0.25) is 9.59 Å². The van der Waals surface area contributed by atoms with E-state index in [4.69, 9.17) is 24.7 Å². The van der Waals surface area contributed by atoms with Crippen LogP contribution in [0.2, 0.25) is 0 Å². The molecule has 0 fully saturated rings. The van der Waals surface area contributed by atoms with E-state index < -0.39 is 0 Å². The number of amides is 2. The summed E-state index contributed by atoms with van der Waals surface area (Å²) >= 11 is 0. The van der Waals surface area contributed by atoms with Crippen LogP contribution in [0.4, 0.5) is 0 Å². The number of nitrogens with two attached hydrogens (primary N) is 1. The Kier molecular flexibility index (Phi) is 12.7. The van der Waals surface area contributed by atoms with Gasteiger partial charge in [0, 0.05) is 27.4 Å². The van der Waals surface area contributed by atoms with Gasteiger partial charge in [0.25, 0.3) is 0 Å². The van der Waals surface area contributed by atoms with Crippen molar-refractivity contribution in [2.75, 3.05) is 53.8 Å². The molecule has 0 heterocycles. The van der Waals surface area contributed by atoms with Crippen molar-refractivity contribution in [2.45, 2.75) is 19.4 Å². The second kappa shape index (κ2) is 13.4. The lowest BCUT2D eigenvalue weighted by atomic mass is 10.2. The van der Waals surface area contributed by atoms with Gasteiger partial charge in [-0.25, -0.2) is 0 Å². The van der Waals surface area contributed by atoms with Gasteiger partial charge in [0.2, 0.25) is 11.8 Å². The fraction of sp³-hybridized carbons (Fsp3) is 0.857. The smallest absolute Gasteiger partial charge is 0.246 e. The Morgan fingerprint density at radius 1 is 1.14 bits per heavy atom. The fourth-order valence-electron chi connectivity index (χ4n) is 1.45. The van der Waals surface area contributed by atoms with Gasteiger partial charge in [-0.2, -0.15) is 0 Å². The monoisotopic (exact) mass is 320 g/mol. The number of ether oxygens (including phenoxy) is 4. The molecule has 2 atom stereocenters. The minimum absolute atomic E-state index is 0.0247. The predicted octanol–water partition coefficient (Wildman–Crippen LogP) is -0.691. The van der Waals surface area contributed by atoms with Crippen molar-refractivity contribution in [1.82, 2.24) is 5.32 Å². The normalized spacial score (nSPS) is 13.6. The van der Waals surface area contributed by atoms with Crippen molar-refractivity contribution < 1.29 is 28.5 Å². The van der Waals surface area contributed by atoms with Crippen molar-refractivity contribution in [3.8, 4) is 0 Å². The summed E-state index contributed by atoms with van der Waals surface area (Å²) in [4.78, 5) is 22.3. The van der Waals surface area contributed by atoms with Crippen LogP contribution in [0.3, 0.4) is 0 Å². The fourth-order valence-corrected chi connectivity index (χ4v) is 1.45.